The number of fused-ring (bicyclic) bond motifs is 6. The molecule has 0 N–H and O–H groups in total. The van der Waals surface area contributed by atoms with Gasteiger partial charge in [-0.25, -0.2) is 0 Å². The van der Waals surface area contributed by atoms with E-state index in [1.807, 2.05) is 0 Å². The maximum absolute atomic E-state index is 2.47. The monoisotopic (exact) mass is 781 g/mol. The molecule has 0 aromatic heterocycles. The lowest BCUT2D eigenvalue weighted by atomic mass is 9.79. The van der Waals surface area contributed by atoms with Gasteiger partial charge in [0.15, 0.2) is 0 Å². The minimum atomic E-state index is -0.108. The van der Waals surface area contributed by atoms with Crippen molar-refractivity contribution in [2.24, 2.45) is 0 Å². The Morgan fingerprint density at radius 2 is 0.787 bits per heavy atom. The fourth-order valence-electron chi connectivity index (χ4n) is 10.6. The summed E-state index contributed by atoms with van der Waals surface area (Å²) in [5.41, 5.74) is 23.8. The quantitative estimate of drug-likeness (QED) is 0.156. The molecule has 11 rings (SSSR count). The average molecular weight is 782 g/mol. The standard InChI is InChI=1S/C60H47N/c1-59(2)54-30-15-12-25-51(54)57-49(27-18-31-55(57)59)48-24-13-16-32-56(48)61(44-37-38-45(40-19-7-5-8-20-40)52(39-44)41-21-9-6-10-22-41)43-35-33-42(34-36-43)46-26-17-28-50-47-23-11-14-29-53(47)60(3,4)58(46)50/h5-39H,1-4H3. The number of rotatable bonds is 7. The lowest BCUT2D eigenvalue weighted by Gasteiger charge is -2.30. The average Bonchev–Trinajstić information content (AvgIpc) is 3.70. The molecule has 0 radical (unpaired) electrons. The van der Waals surface area contributed by atoms with Crippen molar-refractivity contribution in [3.8, 4) is 66.8 Å². The zero-order chi connectivity index (χ0) is 41.3. The van der Waals surface area contributed by atoms with Crippen molar-refractivity contribution < 1.29 is 0 Å². The first-order valence-electron chi connectivity index (χ1n) is 21.5. The Bertz CT molecular complexity index is 3120. The van der Waals surface area contributed by atoms with Gasteiger partial charge in [-0.2, -0.15) is 0 Å². The van der Waals surface area contributed by atoms with Crippen LogP contribution in [-0.4, -0.2) is 0 Å². The second-order valence-corrected chi connectivity index (χ2v) is 17.7. The zero-order valence-corrected chi connectivity index (χ0v) is 35.2. The molecule has 0 aliphatic heterocycles. The largest absolute Gasteiger partial charge is 0.310 e. The highest BCUT2D eigenvalue weighted by atomic mass is 15.1. The van der Waals surface area contributed by atoms with Crippen LogP contribution in [0.15, 0.2) is 212 Å². The third-order valence-corrected chi connectivity index (χ3v) is 13.5. The number of anilines is 3. The first-order chi connectivity index (χ1) is 29.8. The van der Waals surface area contributed by atoms with E-state index in [4.69, 9.17) is 0 Å². The lowest BCUT2D eigenvalue weighted by Crippen LogP contribution is -2.16. The summed E-state index contributed by atoms with van der Waals surface area (Å²) in [5, 5.41) is 0. The van der Waals surface area contributed by atoms with Crippen molar-refractivity contribution in [1.29, 1.82) is 0 Å². The molecule has 0 bridgehead atoms. The molecule has 9 aromatic rings. The van der Waals surface area contributed by atoms with Gasteiger partial charge in [-0.05, 0) is 114 Å². The minimum Gasteiger partial charge on any atom is -0.310 e. The molecule has 0 unspecified atom stereocenters. The Morgan fingerprint density at radius 3 is 1.51 bits per heavy atom. The first kappa shape index (κ1) is 36.8. The topological polar surface area (TPSA) is 3.24 Å². The van der Waals surface area contributed by atoms with Gasteiger partial charge in [0, 0.05) is 27.8 Å². The highest BCUT2D eigenvalue weighted by Gasteiger charge is 2.38. The summed E-state index contributed by atoms with van der Waals surface area (Å²) in [6.45, 7) is 9.47. The molecule has 61 heavy (non-hydrogen) atoms. The van der Waals surface area contributed by atoms with Crippen LogP contribution in [0.4, 0.5) is 17.1 Å². The van der Waals surface area contributed by atoms with Crippen LogP contribution in [0.5, 0.6) is 0 Å². The first-order valence-corrected chi connectivity index (χ1v) is 21.5. The second kappa shape index (κ2) is 14.2. The fourth-order valence-corrected chi connectivity index (χ4v) is 10.6. The molecule has 0 fully saturated rings. The van der Waals surface area contributed by atoms with Gasteiger partial charge in [0.05, 0.1) is 5.69 Å². The molecule has 0 heterocycles. The van der Waals surface area contributed by atoms with Crippen LogP contribution in [0, 0.1) is 0 Å². The van der Waals surface area contributed by atoms with E-state index in [1.54, 1.807) is 0 Å². The van der Waals surface area contributed by atoms with E-state index < -0.39 is 0 Å². The fraction of sp³-hybridized carbons (Fsp3) is 0.100. The van der Waals surface area contributed by atoms with Gasteiger partial charge in [0.25, 0.3) is 0 Å². The molecule has 9 aromatic carbocycles. The van der Waals surface area contributed by atoms with E-state index in [1.165, 1.54) is 89.0 Å². The maximum Gasteiger partial charge on any atom is 0.0540 e. The van der Waals surface area contributed by atoms with E-state index in [9.17, 15) is 0 Å². The van der Waals surface area contributed by atoms with E-state index in [0.29, 0.717) is 0 Å². The number of hydrogen-bond donors (Lipinski definition) is 0. The Morgan fingerprint density at radius 1 is 0.295 bits per heavy atom. The van der Waals surface area contributed by atoms with Crippen molar-refractivity contribution in [3.05, 3.63) is 235 Å². The molecule has 0 atom stereocenters. The van der Waals surface area contributed by atoms with E-state index in [2.05, 4.69) is 245 Å². The zero-order valence-electron chi connectivity index (χ0n) is 35.2. The number of hydrogen-bond acceptors (Lipinski definition) is 1. The van der Waals surface area contributed by atoms with Gasteiger partial charge in [0.2, 0.25) is 0 Å². The van der Waals surface area contributed by atoms with Gasteiger partial charge in [-0.3, -0.25) is 0 Å². The Kier molecular flexibility index (Phi) is 8.58. The number of para-hydroxylation sites is 1. The normalized spacial score (nSPS) is 13.8. The van der Waals surface area contributed by atoms with Crippen molar-refractivity contribution in [2.45, 2.75) is 38.5 Å². The summed E-state index contributed by atoms with van der Waals surface area (Å²) >= 11 is 0. The number of nitrogens with zero attached hydrogens (tertiary/aromatic N) is 1. The van der Waals surface area contributed by atoms with Crippen molar-refractivity contribution in [2.75, 3.05) is 4.90 Å². The Labute approximate surface area is 360 Å². The third kappa shape index (κ3) is 5.83. The van der Waals surface area contributed by atoms with Crippen LogP contribution < -0.4 is 4.90 Å². The third-order valence-electron chi connectivity index (χ3n) is 13.5. The molecule has 0 spiro atoms. The SMILES string of the molecule is CC1(C)c2ccccc2-c2c(-c3ccccc3N(c3ccc(-c4cccc5c4C(C)(C)c4ccccc4-5)cc3)c3ccc(-c4ccccc4)c(-c4ccccc4)c3)cccc21. The Hall–Kier alpha value is -7.22. The van der Waals surface area contributed by atoms with E-state index in [-0.39, 0.29) is 10.8 Å². The van der Waals surface area contributed by atoms with Crippen LogP contribution in [0.25, 0.3) is 66.8 Å². The van der Waals surface area contributed by atoms with Crippen LogP contribution in [0.3, 0.4) is 0 Å². The van der Waals surface area contributed by atoms with Gasteiger partial charge in [0.1, 0.15) is 0 Å². The molecule has 0 amide bonds. The van der Waals surface area contributed by atoms with Gasteiger partial charge in [-0.1, -0.05) is 210 Å². The van der Waals surface area contributed by atoms with Crippen molar-refractivity contribution in [3.63, 3.8) is 0 Å². The van der Waals surface area contributed by atoms with Crippen LogP contribution in [-0.2, 0) is 10.8 Å². The van der Waals surface area contributed by atoms with Crippen LogP contribution >= 0.6 is 0 Å². The Balaban J connectivity index is 1.12. The second-order valence-electron chi connectivity index (χ2n) is 17.7. The smallest absolute Gasteiger partial charge is 0.0540 e. The van der Waals surface area contributed by atoms with E-state index >= 15 is 0 Å². The summed E-state index contributed by atoms with van der Waals surface area (Å²) in [5.74, 6) is 0. The van der Waals surface area contributed by atoms with Gasteiger partial charge >= 0.3 is 0 Å². The summed E-state index contributed by atoms with van der Waals surface area (Å²) in [6.07, 6.45) is 0. The summed E-state index contributed by atoms with van der Waals surface area (Å²) in [6, 6.07) is 78.5. The predicted molar refractivity (Wildman–Crippen MR) is 258 cm³/mol. The van der Waals surface area contributed by atoms with Crippen molar-refractivity contribution in [1.82, 2.24) is 0 Å². The van der Waals surface area contributed by atoms with Crippen LogP contribution in [0.2, 0.25) is 0 Å². The molecule has 292 valence electrons. The van der Waals surface area contributed by atoms with Gasteiger partial charge in [-0.15, -0.1) is 0 Å². The van der Waals surface area contributed by atoms with Crippen molar-refractivity contribution >= 4 is 17.1 Å². The molecular formula is C60H47N. The molecule has 2 aliphatic rings. The predicted octanol–water partition coefficient (Wildman–Crippen LogP) is 16.4. The lowest BCUT2D eigenvalue weighted by molar-refractivity contribution is 0.660. The summed E-state index contributed by atoms with van der Waals surface area (Å²) in [4.78, 5) is 2.47. The highest BCUT2D eigenvalue weighted by Crippen LogP contribution is 2.55. The van der Waals surface area contributed by atoms with Crippen LogP contribution in [0.1, 0.15) is 49.9 Å². The minimum absolute atomic E-state index is 0.0994. The number of benzene rings is 9. The molecule has 1 heteroatoms. The molecule has 1 nitrogen and oxygen atoms in total. The maximum atomic E-state index is 2.47. The molecule has 0 saturated carbocycles. The highest BCUT2D eigenvalue weighted by molar-refractivity contribution is 5.99. The summed E-state index contributed by atoms with van der Waals surface area (Å²) in [7, 11) is 0. The molecule has 2 aliphatic carbocycles. The van der Waals surface area contributed by atoms with E-state index in [0.717, 1.165) is 17.1 Å². The van der Waals surface area contributed by atoms with Gasteiger partial charge < -0.3 is 4.90 Å². The summed E-state index contributed by atoms with van der Waals surface area (Å²) < 4.78 is 0. The molecule has 0 saturated heterocycles. The molecular weight excluding hydrogens is 735 g/mol.